The molecule has 6 nitrogen and oxygen atoms in total. The largest absolute Gasteiger partial charge is 0.494 e. The summed E-state index contributed by atoms with van der Waals surface area (Å²) in [5.41, 5.74) is 0.927. The first-order valence-corrected chi connectivity index (χ1v) is 7.99. The Morgan fingerprint density at radius 2 is 2.13 bits per heavy atom. The molecule has 6 heteroatoms. The zero-order valence-corrected chi connectivity index (χ0v) is 13.6. The molecule has 2 amide bonds. The summed E-state index contributed by atoms with van der Waals surface area (Å²) in [7, 11) is 0. The van der Waals surface area contributed by atoms with E-state index < -0.39 is 5.97 Å². The second kappa shape index (κ2) is 7.85. The summed E-state index contributed by atoms with van der Waals surface area (Å²) in [6.45, 7) is 5.70. The van der Waals surface area contributed by atoms with E-state index in [-0.39, 0.29) is 17.9 Å². The third-order valence-electron chi connectivity index (χ3n) is 4.21. The van der Waals surface area contributed by atoms with E-state index in [9.17, 15) is 9.59 Å². The van der Waals surface area contributed by atoms with Crippen LogP contribution in [0.1, 0.15) is 25.8 Å². The van der Waals surface area contributed by atoms with Gasteiger partial charge < -0.3 is 20.1 Å². The van der Waals surface area contributed by atoms with Crippen molar-refractivity contribution >= 4 is 12.0 Å². The van der Waals surface area contributed by atoms with E-state index in [4.69, 9.17) is 9.84 Å². The molecule has 1 saturated heterocycles. The molecule has 0 radical (unpaired) electrons. The van der Waals surface area contributed by atoms with Crippen molar-refractivity contribution in [3.63, 3.8) is 0 Å². The number of nitrogens with one attached hydrogen (secondary N) is 1. The van der Waals surface area contributed by atoms with Crippen molar-refractivity contribution in [2.45, 2.75) is 26.8 Å². The summed E-state index contributed by atoms with van der Waals surface area (Å²) in [5, 5.41) is 12.0. The number of carbonyl (C=O) groups is 2. The number of amides is 2. The van der Waals surface area contributed by atoms with E-state index in [2.05, 4.69) is 5.32 Å². The Hall–Kier alpha value is -2.24. The number of carbonyl (C=O) groups excluding carboxylic acids is 1. The van der Waals surface area contributed by atoms with E-state index >= 15 is 0 Å². The van der Waals surface area contributed by atoms with Gasteiger partial charge in [-0.2, -0.15) is 0 Å². The summed E-state index contributed by atoms with van der Waals surface area (Å²) in [4.78, 5) is 25.1. The van der Waals surface area contributed by atoms with E-state index in [1.807, 2.05) is 38.1 Å². The van der Waals surface area contributed by atoms with Gasteiger partial charge in [0.15, 0.2) is 0 Å². The van der Waals surface area contributed by atoms with Crippen LogP contribution in [0.3, 0.4) is 0 Å². The molecule has 0 saturated carbocycles. The average Bonchev–Trinajstić information content (AvgIpc) is 2.53. The van der Waals surface area contributed by atoms with E-state index in [0.717, 1.165) is 11.3 Å². The van der Waals surface area contributed by atoms with Crippen LogP contribution in [-0.2, 0) is 11.3 Å². The second-order valence-electron chi connectivity index (χ2n) is 5.86. The molecule has 0 aromatic heterocycles. The lowest BCUT2D eigenvalue weighted by Crippen LogP contribution is -2.48. The van der Waals surface area contributed by atoms with Gasteiger partial charge in [-0.15, -0.1) is 0 Å². The number of carboxylic acids is 1. The molecule has 1 heterocycles. The minimum atomic E-state index is -0.775. The van der Waals surface area contributed by atoms with Crippen molar-refractivity contribution in [2.24, 2.45) is 11.8 Å². The number of piperidine rings is 1. The highest BCUT2D eigenvalue weighted by Crippen LogP contribution is 2.23. The third kappa shape index (κ3) is 4.37. The fourth-order valence-electron chi connectivity index (χ4n) is 2.93. The lowest BCUT2D eigenvalue weighted by molar-refractivity contribution is -0.145. The number of hydrogen-bond acceptors (Lipinski definition) is 3. The van der Waals surface area contributed by atoms with Crippen molar-refractivity contribution in [1.82, 2.24) is 10.2 Å². The van der Waals surface area contributed by atoms with Crippen molar-refractivity contribution in [3.8, 4) is 5.75 Å². The Labute approximate surface area is 136 Å². The van der Waals surface area contributed by atoms with Crippen LogP contribution >= 0.6 is 0 Å². The first kappa shape index (κ1) is 17.1. The smallest absolute Gasteiger partial charge is 0.317 e. The minimum absolute atomic E-state index is 0.0392. The van der Waals surface area contributed by atoms with Crippen LogP contribution in [0.4, 0.5) is 4.79 Å². The maximum absolute atomic E-state index is 12.3. The van der Waals surface area contributed by atoms with Crippen molar-refractivity contribution in [2.75, 3.05) is 19.7 Å². The van der Waals surface area contributed by atoms with E-state index in [0.29, 0.717) is 32.7 Å². The molecule has 2 unspecified atom stereocenters. The van der Waals surface area contributed by atoms with Crippen LogP contribution in [0.25, 0.3) is 0 Å². The molecule has 23 heavy (non-hydrogen) atoms. The van der Waals surface area contributed by atoms with Gasteiger partial charge in [0, 0.05) is 25.2 Å². The van der Waals surface area contributed by atoms with Gasteiger partial charge in [-0.3, -0.25) is 4.79 Å². The summed E-state index contributed by atoms with van der Waals surface area (Å²) in [6.07, 6.45) is 0.499. The Balaban J connectivity index is 1.90. The molecule has 2 rings (SSSR count). The van der Waals surface area contributed by atoms with Gasteiger partial charge in [-0.05, 0) is 25.3 Å². The second-order valence-corrected chi connectivity index (χ2v) is 5.86. The topological polar surface area (TPSA) is 78.9 Å². The van der Waals surface area contributed by atoms with Crippen LogP contribution in [0, 0.1) is 11.8 Å². The zero-order valence-electron chi connectivity index (χ0n) is 13.6. The fraction of sp³-hybridized carbons (Fsp3) is 0.529. The molecule has 1 fully saturated rings. The van der Waals surface area contributed by atoms with Crippen molar-refractivity contribution in [1.29, 1.82) is 0 Å². The molecular formula is C17H24N2O4. The van der Waals surface area contributed by atoms with Crippen LogP contribution < -0.4 is 10.1 Å². The molecule has 1 aliphatic rings. The number of rotatable bonds is 5. The SMILES string of the molecule is CCOc1ccccc1CNC(=O)N1CCC(C(=O)O)C(C)C1. The predicted molar refractivity (Wildman–Crippen MR) is 86.3 cm³/mol. The lowest BCUT2D eigenvalue weighted by atomic mass is 9.87. The highest BCUT2D eigenvalue weighted by molar-refractivity contribution is 5.75. The number of aliphatic carboxylic acids is 1. The van der Waals surface area contributed by atoms with Gasteiger partial charge in [0.05, 0.1) is 12.5 Å². The summed E-state index contributed by atoms with van der Waals surface area (Å²) >= 11 is 0. The van der Waals surface area contributed by atoms with Crippen LogP contribution in [0.5, 0.6) is 5.75 Å². The molecule has 126 valence electrons. The van der Waals surface area contributed by atoms with E-state index in [1.54, 1.807) is 4.90 Å². The monoisotopic (exact) mass is 320 g/mol. The summed E-state index contributed by atoms with van der Waals surface area (Å²) in [5.74, 6) is -0.406. The molecule has 0 spiro atoms. The van der Waals surface area contributed by atoms with Gasteiger partial charge in [0.25, 0.3) is 0 Å². The van der Waals surface area contributed by atoms with E-state index in [1.165, 1.54) is 0 Å². The first-order valence-electron chi connectivity index (χ1n) is 7.99. The Morgan fingerprint density at radius 1 is 1.39 bits per heavy atom. The number of urea groups is 1. The predicted octanol–water partition coefficient (Wildman–Crippen LogP) is 2.34. The molecule has 0 aliphatic carbocycles. The molecule has 1 aliphatic heterocycles. The number of benzene rings is 1. The molecule has 2 atom stereocenters. The molecular weight excluding hydrogens is 296 g/mol. The Bertz CT molecular complexity index is 561. The molecule has 2 N–H and O–H groups in total. The summed E-state index contributed by atoms with van der Waals surface area (Å²) in [6, 6.07) is 7.45. The molecule has 1 aromatic rings. The Kier molecular flexibility index (Phi) is 5.84. The van der Waals surface area contributed by atoms with Crippen LogP contribution in [0.2, 0.25) is 0 Å². The average molecular weight is 320 g/mol. The zero-order chi connectivity index (χ0) is 16.8. The molecule has 1 aromatic carbocycles. The van der Waals surface area contributed by atoms with Crippen LogP contribution in [-0.4, -0.2) is 41.7 Å². The maximum atomic E-state index is 12.3. The Morgan fingerprint density at radius 3 is 2.78 bits per heavy atom. The number of likely N-dealkylation sites (tertiary alicyclic amines) is 1. The van der Waals surface area contributed by atoms with Crippen molar-refractivity contribution < 1.29 is 19.4 Å². The minimum Gasteiger partial charge on any atom is -0.494 e. The quantitative estimate of drug-likeness (QED) is 0.873. The lowest BCUT2D eigenvalue weighted by Gasteiger charge is -2.34. The fourth-order valence-corrected chi connectivity index (χ4v) is 2.93. The normalized spacial score (nSPS) is 20.9. The number of nitrogens with zero attached hydrogens (tertiary/aromatic N) is 1. The standard InChI is InChI=1S/C17H24N2O4/c1-3-23-15-7-5-4-6-13(15)10-18-17(22)19-9-8-14(16(20)21)12(2)11-19/h4-7,12,14H,3,8-11H2,1-2H3,(H,18,22)(H,20,21). The number of hydrogen-bond donors (Lipinski definition) is 2. The van der Waals surface area contributed by atoms with Gasteiger partial charge in [0.1, 0.15) is 5.75 Å². The molecule has 0 bridgehead atoms. The highest BCUT2D eigenvalue weighted by atomic mass is 16.5. The summed E-state index contributed by atoms with van der Waals surface area (Å²) < 4.78 is 5.54. The number of para-hydroxylation sites is 1. The van der Waals surface area contributed by atoms with Gasteiger partial charge >= 0.3 is 12.0 Å². The van der Waals surface area contributed by atoms with Gasteiger partial charge in [0.2, 0.25) is 0 Å². The van der Waals surface area contributed by atoms with Gasteiger partial charge in [-0.1, -0.05) is 25.1 Å². The van der Waals surface area contributed by atoms with Gasteiger partial charge in [-0.25, -0.2) is 4.79 Å². The number of carboxylic acid groups (broad SMARTS) is 1. The maximum Gasteiger partial charge on any atom is 0.317 e. The third-order valence-corrected chi connectivity index (χ3v) is 4.21. The highest BCUT2D eigenvalue weighted by Gasteiger charge is 2.32. The van der Waals surface area contributed by atoms with Crippen LogP contribution in [0.15, 0.2) is 24.3 Å². The number of ether oxygens (including phenoxy) is 1. The van der Waals surface area contributed by atoms with Crippen molar-refractivity contribution in [3.05, 3.63) is 29.8 Å². The first-order chi connectivity index (χ1) is 11.0.